The molecule has 0 radical (unpaired) electrons. The fourth-order valence-electron chi connectivity index (χ4n) is 2.24. The Morgan fingerprint density at radius 1 is 1.38 bits per heavy atom. The fraction of sp³-hybridized carbons (Fsp3) is 0.111. The number of hydrogen-bond donors (Lipinski definition) is 2. The number of pyridine rings is 1. The number of nitro benzene ring substituents is 1. The maximum atomic E-state index is 13.0. The Kier molecular flexibility index (Phi) is 6.54. The van der Waals surface area contributed by atoms with E-state index < -0.39 is 10.7 Å². The molecule has 0 fully saturated rings. The molecule has 1 aromatic heterocycles. The molecule has 7 nitrogen and oxygen atoms in total. The zero-order valence-corrected chi connectivity index (χ0v) is 14.6. The second kappa shape index (κ2) is 8.84. The van der Waals surface area contributed by atoms with Crippen LogP contribution < -0.4 is 15.0 Å². The Hall–Kier alpha value is -3.10. The minimum Gasteiger partial charge on any atom is -0.867 e. The van der Waals surface area contributed by atoms with Gasteiger partial charge in [0, 0.05) is 30.3 Å². The number of rotatable bonds is 7. The summed E-state index contributed by atoms with van der Waals surface area (Å²) < 4.78 is 1.49. The quantitative estimate of drug-likeness (QED) is 0.144. The first-order valence-electron chi connectivity index (χ1n) is 7.64. The minimum absolute atomic E-state index is 0.123. The Morgan fingerprint density at radius 3 is 2.81 bits per heavy atom. The lowest BCUT2D eigenvalue weighted by Crippen LogP contribution is -2.42. The van der Waals surface area contributed by atoms with Crippen molar-refractivity contribution < 1.29 is 19.7 Å². The van der Waals surface area contributed by atoms with E-state index in [0.29, 0.717) is 12.1 Å². The van der Waals surface area contributed by atoms with Crippen LogP contribution in [0.2, 0.25) is 0 Å². The van der Waals surface area contributed by atoms with Crippen molar-refractivity contribution in [3.05, 3.63) is 82.7 Å². The molecule has 0 aliphatic heterocycles. The van der Waals surface area contributed by atoms with Crippen molar-refractivity contribution in [3.8, 4) is 0 Å². The molecule has 1 aromatic carbocycles. The van der Waals surface area contributed by atoms with E-state index in [-0.39, 0.29) is 28.5 Å². The number of nitro groups is 1. The SMILES string of the molecule is C=CCNC(=S)/C(=C(\[O-])c1cccc([N+](=O)[O-])c1)[n+]1cccc(CO)c1. The van der Waals surface area contributed by atoms with E-state index >= 15 is 0 Å². The van der Waals surface area contributed by atoms with Crippen molar-refractivity contribution in [2.24, 2.45) is 0 Å². The number of aliphatic hydroxyl groups excluding tert-OH is 1. The molecule has 26 heavy (non-hydrogen) atoms. The maximum Gasteiger partial charge on any atom is 0.270 e. The van der Waals surface area contributed by atoms with E-state index in [0.717, 1.165) is 0 Å². The van der Waals surface area contributed by atoms with Gasteiger partial charge in [-0.2, -0.15) is 4.57 Å². The van der Waals surface area contributed by atoms with E-state index in [2.05, 4.69) is 11.9 Å². The summed E-state index contributed by atoms with van der Waals surface area (Å²) in [6, 6.07) is 8.81. The summed E-state index contributed by atoms with van der Waals surface area (Å²) in [5.41, 5.74) is 0.661. The van der Waals surface area contributed by atoms with Crippen molar-refractivity contribution in [1.29, 1.82) is 0 Å². The van der Waals surface area contributed by atoms with Gasteiger partial charge < -0.3 is 15.5 Å². The Balaban J connectivity index is 2.62. The third-order valence-electron chi connectivity index (χ3n) is 3.46. The van der Waals surface area contributed by atoms with Crippen molar-refractivity contribution in [3.63, 3.8) is 0 Å². The third kappa shape index (κ3) is 4.50. The molecule has 0 aliphatic carbocycles. The van der Waals surface area contributed by atoms with Gasteiger partial charge in [-0.25, -0.2) is 0 Å². The van der Waals surface area contributed by atoms with Crippen LogP contribution in [0, 0.1) is 10.1 Å². The lowest BCUT2D eigenvalue weighted by atomic mass is 10.1. The second-order valence-electron chi connectivity index (χ2n) is 5.26. The number of nitrogens with one attached hydrogen (secondary N) is 1. The Labute approximate surface area is 155 Å². The molecule has 0 saturated heterocycles. The third-order valence-corrected chi connectivity index (χ3v) is 3.80. The van der Waals surface area contributed by atoms with Gasteiger partial charge in [-0.15, -0.1) is 6.58 Å². The van der Waals surface area contributed by atoms with Crippen LogP contribution in [-0.4, -0.2) is 21.6 Å². The van der Waals surface area contributed by atoms with E-state index in [9.17, 15) is 20.3 Å². The van der Waals surface area contributed by atoms with Crippen LogP contribution in [-0.2, 0) is 6.61 Å². The fourth-order valence-corrected chi connectivity index (χ4v) is 2.52. The average Bonchev–Trinajstić information content (AvgIpc) is 2.66. The largest absolute Gasteiger partial charge is 0.867 e. The molecule has 0 saturated carbocycles. The molecular formula is C18H17N3O4S. The van der Waals surface area contributed by atoms with Gasteiger partial charge in [0.15, 0.2) is 17.4 Å². The molecule has 0 aliphatic rings. The van der Waals surface area contributed by atoms with Gasteiger partial charge in [-0.1, -0.05) is 30.4 Å². The molecule has 2 N–H and O–H groups in total. The molecule has 134 valence electrons. The average molecular weight is 371 g/mol. The van der Waals surface area contributed by atoms with Crippen LogP contribution >= 0.6 is 12.2 Å². The summed E-state index contributed by atoms with van der Waals surface area (Å²) in [7, 11) is 0. The van der Waals surface area contributed by atoms with E-state index in [4.69, 9.17) is 12.2 Å². The van der Waals surface area contributed by atoms with Crippen LogP contribution in [0.3, 0.4) is 0 Å². The molecule has 0 unspecified atom stereocenters. The number of thiocarbonyl (C=S) groups is 1. The van der Waals surface area contributed by atoms with Gasteiger partial charge >= 0.3 is 0 Å². The monoisotopic (exact) mass is 371 g/mol. The highest BCUT2D eigenvalue weighted by molar-refractivity contribution is 7.81. The Bertz CT molecular complexity index is 880. The van der Waals surface area contributed by atoms with Gasteiger partial charge in [-0.3, -0.25) is 10.1 Å². The molecule has 2 rings (SSSR count). The second-order valence-corrected chi connectivity index (χ2v) is 5.67. The molecule has 0 spiro atoms. The molecular weight excluding hydrogens is 354 g/mol. The maximum absolute atomic E-state index is 13.0. The summed E-state index contributed by atoms with van der Waals surface area (Å²) in [4.78, 5) is 10.6. The van der Waals surface area contributed by atoms with Gasteiger partial charge in [0.25, 0.3) is 5.69 Å². The normalized spacial score (nSPS) is 11.4. The summed E-state index contributed by atoms with van der Waals surface area (Å²) in [5, 5.41) is 36.2. The number of aliphatic hydroxyl groups is 1. The topological polar surface area (TPSA) is 102 Å². The van der Waals surface area contributed by atoms with Crippen LogP contribution in [0.4, 0.5) is 5.69 Å². The van der Waals surface area contributed by atoms with Gasteiger partial charge in [0.1, 0.15) is 0 Å². The molecule has 0 bridgehead atoms. The van der Waals surface area contributed by atoms with Crippen molar-refractivity contribution >= 4 is 34.3 Å². The lowest BCUT2D eigenvalue weighted by Gasteiger charge is -2.16. The lowest BCUT2D eigenvalue weighted by molar-refractivity contribution is -0.578. The number of nitrogens with zero attached hydrogens (tertiary/aromatic N) is 2. The summed E-state index contributed by atoms with van der Waals surface area (Å²) in [6.45, 7) is 3.74. The van der Waals surface area contributed by atoms with Crippen LogP contribution in [0.25, 0.3) is 11.5 Å². The summed E-state index contributed by atoms with van der Waals surface area (Å²) in [5.74, 6) is -0.477. The van der Waals surface area contributed by atoms with Crippen molar-refractivity contribution in [1.82, 2.24) is 5.32 Å². The van der Waals surface area contributed by atoms with Gasteiger partial charge in [-0.05, 0) is 17.4 Å². The molecule has 1 heterocycles. The Morgan fingerprint density at radius 2 is 2.15 bits per heavy atom. The molecule has 2 aromatic rings. The summed E-state index contributed by atoms with van der Waals surface area (Å²) in [6.07, 6.45) is 4.79. The first-order chi connectivity index (χ1) is 12.5. The summed E-state index contributed by atoms with van der Waals surface area (Å²) >= 11 is 5.33. The molecule has 8 heteroatoms. The smallest absolute Gasteiger partial charge is 0.270 e. The molecule has 0 amide bonds. The number of non-ortho nitro benzene ring substituents is 1. The standard InChI is InChI=1S/C18H17N3O4S/c1-2-8-19-18(26)16(20-9-4-5-13(11-20)12-22)17(23)14-6-3-7-15(10-14)21(24)25/h2-7,9-11,22H,1,8,12H2,(H-,19,23,26). The van der Waals surface area contributed by atoms with Crippen LogP contribution in [0.1, 0.15) is 11.1 Å². The minimum atomic E-state index is -0.565. The van der Waals surface area contributed by atoms with E-state index in [1.165, 1.54) is 28.8 Å². The van der Waals surface area contributed by atoms with Crippen LogP contribution in [0.15, 0.2) is 61.4 Å². The highest BCUT2D eigenvalue weighted by Crippen LogP contribution is 2.20. The zero-order chi connectivity index (χ0) is 19.1. The number of aromatic nitrogens is 1. The first-order valence-corrected chi connectivity index (χ1v) is 8.05. The van der Waals surface area contributed by atoms with Gasteiger partial charge in [0.05, 0.1) is 11.5 Å². The first kappa shape index (κ1) is 19.2. The zero-order valence-electron chi connectivity index (χ0n) is 13.8. The predicted octanol–water partition coefficient (Wildman–Crippen LogP) is 1.16. The van der Waals surface area contributed by atoms with E-state index in [1.54, 1.807) is 30.6 Å². The highest BCUT2D eigenvalue weighted by Gasteiger charge is 2.19. The van der Waals surface area contributed by atoms with Crippen molar-refractivity contribution in [2.45, 2.75) is 6.61 Å². The predicted molar refractivity (Wildman–Crippen MR) is 99.6 cm³/mol. The number of hydrogen-bond acceptors (Lipinski definition) is 5. The van der Waals surface area contributed by atoms with E-state index in [1.807, 2.05) is 0 Å². The van der Waals surface area contributed by atoms with Crippen molar-refractivity contribution in [2.75, 3.05) is 6.54 Å². The molecule has 0 atom stereocenters. The van der Waals surface area contributed by atoms with Crippen LogP contribution in [0.5, 0.6) is 0 Å². The van der Waals surface area contributed by atoms with Gasteiger partial charge in [0.2, 0.25) is 5.70 Å². The highest BCUT2D eigenvalue weighted by atomic mass is 32.1. The number of benzene rings is 1.